The number of hydrogen-bond donors (Lipinski definition) is 2. The average Bonchev–Trinajstić information content (AvgIpc) is 2.73. The Bertz CT molecular complexity index is 266. The molecule has 0 spiro atoms. The first kappa shape index (κ1) is 14.4. The van der Waals surface area contributed by atoms with E-state index in [-0.39, 0.29) is 23.4 Å². The maximum atomic E-state index is 12.0. The highest BCUT2D eigenvalue weighted by Crippen LogP contribution is 2.14. The number of hydrogen-bond acceptors (Lipinski definition) is 4. The fourth-order valence-electron chi connectivity index (χ4n) is 1.69. The number of nitrogens with one attached hydrogen (secondary N) is 2. The molecule has 1 aliphatic heterocycles. The lowest BCUT2D eigenvalue weighted by atomic mass is 10.0. The first-order chi connectivity index (χ1) is 7.88. The Morgan fingerprint density at radius 1 is 1.41 bits per heavy atom. The van der Waals surface area contributed by atoms with Crippen LogP contribution in [0, 0.1) is 5.92 Å². The van der Waals surface area contributed by atoms with Crippen molar-refractivity contribution in [3.05, 3.63) is 0 Å². The van der Waals surface area contributed by atoms with E-state index >= 15 is 0 Å². The van der Waals surface area contributed by atoms with Gasteiger partial charge in [0.2, 0.25) is 5.91 Å². The molecule has 0 bridgehead atoms. The molecule has 0 radical (unpaired) electrons. The largest absolute Gasteiger partial charge is 0.379 e. The molecule has 1 heterocycles. The first-order valence-corrected chi connectivity index (χ1v) is 6.08. The van der Waals surface area contributed by atoms with Gasteiger partial charge in [-0.2, -0.15) is 0 Å². The molecular formula is C12H25N3O2. The van der Waals surface area contributed by atoms with Crippen LogP contribution in [-0.4, -0.2) is 63.3 Å². The zero-order chi connectivity index (χ0) is 13.1. The molecule has 0 aromatic rings. The molecule has 1 saturated heterocycles. The minimum absolute atomic E-state index is 0.0374. The van der Waals surface area contributed by atoms with Crippen LogP contribution in [0.4, 0.5) is 0 Å². The maximum absolute atomic E-state index is 12.0. The van der Waals surface area contributed by atoms with Crippen molar-refractivity contribution >= 4 is 5.91 Å². The van der Waals surface area contributed by atoms with Gasteiger partial charge in [0, 0.05) is 18.1 Å². The molecule has 0 saturated carbocycles. The summed E-state index contributed by atoms with van der Waals surface area (Å²) in [4.78, 5) is 14.1. The SMILES string of the molecule is CNC1COCC1C(=O)NCC(C)(C)N(C)C. The molecule has 2 N–H and O–H groups in total. The summed E-state index contributed by atoms with van der Waals surface area (Å²) in [6, 6.07) is 0.137. The van der Waals surface area contributed by atoms with Gasteiger partial charge in [-0.25, -0.2) is 0 Å². The Morgan fingerprint density at radius 2 is 2.06 bits per heavy atom. The minimum Gasteiger partial charge on any atom is -0.379 e. The van der Waals surface area contributed by atoms with E-state index in [9.17, 15) is 4.79 Å². The van der Waals surface area contributed by atoms with Crippen LogP contribution >= 0.6 is 0 Å². The zero-order valence-electron chi connectivity index (χ0n) is 11.5. The zero-order valence-corrected chi connectivity index (χ0v) is 11.5. The highest BCUT2D eigenvalue weighted by molar-refractivity contribution is 5.80. The summed E-state index contributed by atoms with van der Waals surface area (Å²) in [5, 5.41) is 6.13. The van der Waals surface area contributed by atoms with E-state index in [0.29, 0.717) is 19.8 Å². The molecule has 5 heteroatoms. The number of carbonyl (C=O) groups is 1. The van der Waals surface area contributed by atoms with Gasteiger partial charge >= 0.3 is 0 Å². The highest BCUT2D eigenvalue weighted by atomic mass is 16.5. The molecule has 1 amide bonds. The van der Waals surface area contributed by atoms with Gasteiger partial charge in [-0.3, -0.25) is 4.79 Å². The standard InChI is InChI=1S/C12H25N3O2/c1-12(2,15(4)5)8-14-11(16)9-6-17-7-10(9)13-3/h9-10,13H,6-8H2,1-5H3,(H,14,16). The summed E-state index contributed by atoms with van der Waals surface area (Å²) in [6.07, 6.45) is 0. The molecule has 2 unspecified atom stereocenters. The van der Waals surface area contributed by atoms with Gasteiger partial charge in [-0.1, -0.05) is 0 Å². The van der Waals surface area contributed by atoms with Gasteiger partial charge in [0.25, 0.3) is 0 Å². The second-order valence-electron chi connectivity index (χ2n) is 5.46. The number of amides is 1. The normalized spacial score (nSPS) is 25.3. The summed E-state index contributed by atoms with van der Waals surface area (Å²) in [6.45, 7) is 5.99. The van der Waals surface area contributed by atoms with Crippen molar-refractivity contribution in [1.82, 2.24) is 15.5 Å². The van der Waals surface area contributed by atoms with E-state index < -0.39 is 0 Å². The van der Waals surface area contributed by atoms with Gasteiger partial charge in [0.1, 0.15) is 0 Å². The Morgan fingerprint density at radius 3 is 2.59 bits per heavy atom. The van der Waals surface area contributed by atoms with Crippen LogP contribution < -0.4 is 10.6 Å². The lowest BCUT2D eigenvalue weighted by molar-refractivity contribution is -0.125. The summed E-state index contributed by atoms with van der Waals surface area (Å²) < 4.78 is 5.33. The van der Waals surface area contributed by atoms with Crippen LogP contribution in [0.1, 0.15) is 13.8 Å². The van der Waals surface area contributed by atoms with Crippen LogP contribution in [0.3, 0.4) is 0 Å². The lowest BCUT2D eigenvalue weighted by Crippen LogP contribution is -2.51. The number of nitrogens with zero attached hydrogens (tertiary/aromatic N) is 1. The van der Waals surface area contributed by atoms with Gasteiger partial charge in [-0.05, 0) is 35.0 Å². The van der Waals surface area contributed by atoms with Crippen molar-refractivity contribution in [3.8, 4) is 0 Å². The van der Waals surface area contributed by atoms with E-state index in [4.69, 9.17) is 4.74 Å². The van der Waals surface area contributed by atoms with Crippen molar-refractivity contribution in [1.29, 1.82) is 0 Å². The van der Waals surface area contributed by atoms with Crippen molar-refractivity contribution < 1.29 is 9.53 Å². The van der Waals surface area contributed by atoms with E-state index in [0.717, 1.165) is 0 Å². The monoisotopic (exact) mass is 243 g/mol. The van der Waals surface area contributed by atoms with E-state index in [1.807, 2.05) is 21.1 Å². The predicted molar refractivity (Wildman–Crippen MR) is 67.9 cm³/mol. The van der Waals surface area contributed by atoms with E-state index in [1.165, 1.54) is 0 Å². The Hall–Kier alpha value is -0.650. The fourth-order valence-corrected chi connectivity index (χ4v) is 1.69. The van der Waals surface area contributed by atoms with E-state index in [1.54, 1.807) is 0 Å². The molecule has 5 nitrogen and oxygen atoms in total. The van der Waals surface area contributed by atoms with Crippen molar-refractivity contribution in [2.75, 3.05) is 40.9 Å². The predicted octanol–water partition coefficient (Wildman–Crippen LogP) is -0.323. The highest BCUT2D eigenvalue weighted by Gasteiger charge is 2.33. The van der Waals surface area contributed by atoms with Crippen LogP contribution in [0.25, 0.3) is 0 Å². The van der Waals surface area contributed by atoms with Crippen molar-refractivity contribution in [2.24, 2.45) is 5.92 Å². The second-order valence-corrected chi connectivity index (χ2v) is 5.46. The third-order valence-corrected chi connectivity index (χ3v) is 3.69. The molecule has 2 atom stereocenters. The molecule has 100 valence electrons. The maximum Gasteiger partial charge on any atom is 0.227 e. The smallest absolute Gasteiger partial charge is 0.227 e. The molecular weight excluding hydrogens is 218 g/mol. The molecule has 0 aromatic heterocycles. The van der Waals surface area contributed by atoms with Crippen LogP contribution in [-0.2, 0) is 9.53 Å². The topological polar surface area (TPSA) is 53.6 Å². The fraction of sp³-hybridized carbons (Fsp3) is 0.917. The molecule has 0 aromatic carbocycles. The Balaban J connectivity index is 2.44. The van der Waals surface area contributed by atoms with Gasteiger partial charge in [0.15, 0.2) is 0 Å². The molecule has 1 aliphatic rings. The van der Waals surface area contributed by atoms with Crippen LogP contribution in [0.15, 0.2) is 0 Å². The van der Waals surface area contributed by atoms with Crippen molar-refractivity contribution in [3.63, 3.8) is 0 Å². The minimum atomic E-state index is -0.0713. The third kappa shape index (κ3) is 3.66. The van der Waals surface area contributed by atoms with Crippen molar-refractivity contribution in [2.45, 2.75) is 25.4 Å². The molecule has 1 rings (SSSR count). The van der Waals surface area contributed by atoms with Crippen LogP contribution in [0.2, 0.25) is 0 Å². The van der Waals surface area contributed by atoms with Gasteiger partial charge in [0.05, 0.1) is 19.1 Å². The lowest BCUT2D eigenvalue weighted by Gasteiger charge is -2.33. The number of likely N-dealkylation sites (N-methyl/N-ethyl adjacent to an activating group) is 2. The second kappa shape index (κ2) is 5.80. The van der Waals surface area contributed by atoms with Crippen LogP contribution in [0.5, 0.6) is 0 Å². The summed E-state index contributed by atoms with van der Waals surface area (Å²) >= 11 is 0. The van der Waals surface area contributed by atoms with Gasteiger partial charge in [-0.15, -0.1) is 0 Å². The van der Waals surface area contributed by atoms with Gasteiger partial charge < -0.3 is 20.3 Å². The number of carbonyl (C=O) groups excluding carboxylic acids is 1. The Kier molecular flexibility index (Phi) is 4.91. The molecule has 0 aliphatic carbocycles. The quantitative estimate of drug-likeness (QED) is 0.695. The first-order valence-electron chi connectivity index (χ1n) is 6.08. The third-order valence-electron chi connectivity index (χ3n) is 3.69. The average molecular weight is 243 g/mol. The number of rotatable bonds is 5. The number of ether oxygens (including phenoxy) is 1. The summed E-state index contributed by atoms with van der Waals surface area (Å²) in [7, 11) is 5.89. The summed E-state index contributed by atoms with van der Waals surface area (Å²) in [5.74, 6) is 0.00902. The molecule has 17 heavy (non-hydrogen) atoms. The summed E-state index contributed by atoms with van der Waals surface area (Å²) in [5.41, 5.74) is -0.0374. The Labute approximate surface area is 104 Å². The van der Waals surface area contributed by atoms with E-state index in [2.05, 4.69) is 29.4 Å². The molecule has 1 fully saturated rings.